The predicted molar refractivity (Wildman–Crippen MR) is 53.3 cm³/mol. The number of hydrogen-bond acceptors (Lipinski definition) is 2. The molecule has 0 saturated carbocycles. The van der Waals surface area contributed by atoms with Crippen LogP contribution in [0.5, 0.6) is 0 Å². The molecule has 0 bridgehead atoms. The SMILES string of the molecule is C=CCCN(CC)C1CCNC1. The molecule has 2 nitrogen and oxygen atoms in total. The van der Waals surface area contributed by atoms with Crippen molar-refractivity contribution in [2.75, 3.05) is 26.2 Å². The normalized spacial score (nSPS) is 23.3. The second-order valence-corrected chi connectivity index (χ2v) is 3.35. The van der Waals surface area contributed by atoms with Crippen molar-refractivity contribution in [3.63, 3.8) is 0 Å². The van der Waals surface area contributed by atoms with E-state index >= 15 is 0 Å². The van der Waals surface area contributed by atoms with Crippen LogP contribution in [-0.2, 0) is 0 Å². The van der Waals surface area contributed by atoms with Crippen LogP contribution in [0.1, 0.15) is 19.8 Å². The zero-order valence-corrected chi connectivity index (χ0v) is 8.05. The smallest absolute Gasteiger partial charge is 0.0232 e. The molecule has 0 amide bonds. The summed E-state index contributed by atoms with van der Waals surface area (Å²) in [6, 6.07) is 0.773. The van der Waals surface area contributed by atoms with Crippen molar-refractivity contribution < 1.29 is 0 Å². The third-order valence-electron chi connectivity index (χ3n) is 2.58. The Morgan fingerprint density at radius 3 is 3.00 bits per heavy atom. The standard InChI is InChI=1S/C10H20N2/c1-3-5-8-12(4-2)10-6-7-11-9-10/h3,10-11H,1,4-9H2,2H3. The van der Waals surface area contributed by atoms with Gasteiger partial charge in [0, 0.05) is 19.1 Å². The van der Waals surface area contributed by atoms with E-state index in [1.807, 2.05) is 6.08 Å². The van der Waals surface area contributed by atoms with E-state index in [1.54, 1.807) is 0 Å². The summed E-state index contributed by atoms with van der Waals surface area (Å²) in [5.74, 6) is 0. The number of rotatable bonds is 5. The van der Waals surface area contributed by atoms with Crippen LogP contribution in [0.2, 0.25) is 0 Å². The summed E-state index contributed by atoms with van der Waals surface area (Å²) < 4.78 is 0. The van der Waals surface area contributed by atoms with Crippen LogP contribution in [0, 0.1) is 0 Å². The highest BCUT2D eigenvalue weighted by Crippen LogP contribution is 2.08. The third kappa shape index (κ3) is 2.61. The fourth-order valence-corrected chi connectivity index (χ4v) is 1.81. The van der Waals surface area contributed by atoms with Crippen molar-refractivity contribution in [1.82, 2.24) is 10.2 Å². The van der Waals surface area contributed by atoms with Crippen molar-refractivity contribution in [3.8, 4) is 0 Å². The lowest BCUT2D eigenvalue weighted by molar-refractivity contribution is 0.223. The van der Waals surface area contributed by atoms with Crippen molar-refractivity contribution in [1.29, 1.82) is 0 Å². The Labute approximate surface area is 75.6 Å². The molecule has 0 aromatic heterocycles. The monoisotopic (exact) mass is 168 g/mol. The first-order valence-electron chi connectivity index (χ1n) is 4.94. The van der Waals surface area contributed by atoms with Gasteiger partial charge in [-0.05, 0) is 25.9 Å². The van der Waals surface area contributed by atoms with E-state index in [0.717, 1.165) is 12.5 Å². The Morgan fingerprint density at radius 2 is 2.50 bits per heavy atom. The molecule has 0 aromatic rings. The average molecular weight is 168 g/mol. The van der Waals surface area contributed by atoms with Crippen LogP contribution in [0.15, 0.2) is 12.7 Å². The minimum Gasteiger partial charge on any atom is -0.315 e. The van der Waals surface area contributed by atoms with Gasteiger partial charge in [-0.2, -0.15) is 0 Å². The first-order chi connectivity index (χ1) is 5.88. The Bertz CT molecular complexity index is 128. The van der Waals surface area contributed by atoms with Gasteiger partial charge in [0.25, 0.3) is 0 Å². The van der Waals surface area contributed by atoms with Crippen LogP contribution in [0.3, 0.4) is 0 Å². The van der Waals surface area contributed by atoms with Crippen molar-refractivity contribution >= 4 is 0 Å². The molecule has 1 unspecified atom stereocenters. The van der Waals surface area contributed by atoms with Gasteiger partial charge in [0.2, 0.25) is 0 Å². The van der Waals surface area contributed by atoms with Crippen LogP contribution in [0.25, 0.3) is 0 Å². The van der Waals surface area contributed by atoms with Gasteiger partial charge in [0.1, 0.15) is 0 Å². The molecule has 1 saturated heterocycles. The molecule has 1 N–H and O–H groups in total. The third-order valence-corrected chi connectivity index (χ3v) is 2.58. The molecular formula is C10H20N2. The molecule has 0 spiro atoms. The van der Waals surface area contributed by atoms with E-state index in [2.05, 4.69) is 23.7 Å². The van der Waals surface area contributed by atoms with Gasteiger partial charge < -0.3 is 5.32 Å². The summed E-state index contributed by atoms with van der Waals surface area (Å²) in [4.78, 5) is 2.54. The maximum atomic E-state index is 3.75. The lowest BCUT2D eigenvalue weighted by Crippen LogP contribution is -2.37. The molecule has 2 heteroatoms. The molecule has 70 valence electrons. The molecule has 12 heavy (non-hydrogen) atoms. The predicted octanol–water partition coefficient (Wildman–Crippen LogP) is 1.25. The summed E-state index contributed by atoms with van der Waals surface area (Å²) in [6.07, 6.45) is 4.43. The summed E-state index contributed by atoms with van der Waals surface area (Å²) in [5.41, 5.74) is 0. The van der Waals surface area contributed by atoms with Gasteiger partial charge >= 0.3 is 0 Å². The second-order valence-electron chi connectivity index (χ2n) is 3.35. The minimum atomic E-state index is 0.773. The van der Waals surface area contributed by atoms with Crippen molar-refractivity contribution in [2.24, 2.45) is 0 Å². The topological polar surface area (TPSA) is 15.3 Å². The molecule has 1 heterocycles. The summed E-state index contributed by atoms with van der Waals surface area (Å²) >= 11 is 0. The van der Waals surface area contributed by atoms with E-state index in [4.69, 9.17) is 0 Å². The fourth-order valence-electron chi connectivity index (χ4n) is 1.81. The van der Waals surface area contributed by atoms with Crippen LogP contribution in [0.4, 0.5) is 0 Å². The Balaban J connectivity index is 2.27. The second kappa shape index (κ2) is 5.33. The van der Waals surface area contributed by atoms with Crippen LogP contribution >= 0.6 is 0 Å². The van der Waals surface area contributed by atoms with Crippen molar-refractivity contribution in [2.45, 2.75) is 25.8 Å². The molecule has 1 aliphatic rings. The van der Waals surface area contributed by atoms with E-state index in [1.165, 1.54) is 32.6 Å². The van der Waals surface area contributed by atoms with Gasteiger partial charge in [-0.3, -0.25) is 4.90 Å². The van der Waals surface area contributed by atoms with Crippen molar-refractivity contribution in [3.05, 3.63) is 12.7 Å². The zero-order chi connectivity index (χ0) is 8.81. The Kier molecular flexibility index (Phi) is 4.33. The molecular weight excluding hydrogens is 148 g/mol. The van der Waals surface area contributed by atoms with Gasteiger partial charge in [0.15, 0.2) is 0 Å². The van der Waals surface area contributed by atoms with Gasteiger partial charge in [0.05, 0.1) is 0 Å². The molecule has 0 aromatic carbocycles. The Hall–Kier alpha value is -0.340. The largest absolute Gasteiger partial charge is 0.315 e. The average Bonchev–Trinajstić information content (AvgIpc) is 2.59. The highest BCUT2D eigenvalue weighted by Gasteiger charge is 2.19. The van der Waals surface area contributed by atoms with Gasteiger partial charge in [-0.15, -0.1) is 6.58 Å². The molecule has 1 fully saturated rings. The van der Waals surface area contributed by atoms with E-state index in [-0.39, 0.29) is 0 Å². The highest BCUT2D eigenvalue weighted by atomic mass is 15.2. The van der Waals surface area contributed by atoms with Crippen LogP contribution < -0.4 is 5.32 Å². The van der Waals surface area contributed by atoms with Gasteiger partial charge in [-0.1, -0.05) is 13.0 Å². The molecule has 0 radical (unpaired) electrons. The first-order valence-corrected chi connectivity index (χ1v) is 4.94. The molecule has 1 rings (SSSR count). The lowest BCUT2D eigenvalue weighted by Gasteiger charge is -2.26. The highest BCUT2D eigenvalue weighted by molar-refractivity contribution is 4.81. The Morgan fingerprint density at radius 1 is 1.67 bits per heavy atom. The lowest BCUT2D eigenvalue weighted by atomic mass is 10.2. The van der Waals surface area contributed by atoms with Crippen LogP contribution in [-0.4, -0.2) is 37.1 Å². The molecule has 1 atom stereocenters. The number of nitrogens with one attached hydrogen (secondary N) is 1. The first kappa shape index (κ1) is 9.75. The zero-order valence-electron chi connectivity index (χ0n) is 8.05. The number of hydrogen-bond donors (Lipinski definition) is 1. The van der Waals surface area contributed by atoms with Gasteiger partial charge in [-0.25, -0.2) is 0 Å². The molecule has 1 aliphatic heterocycles. The maximum absolute atomic E-state index is 3.75. The molecule has 0 aliphatic carbocycles. The summed E-state index contributed by atoms with van der Waals surface area (Å²) in [6.45, 7) is 10.7. The number of nitrogens with zero attached hydrogens (tertiary/aromatic N) is 1. The maximum Gasteiger partial charge on any atom is 0.0232 e. The van der Waals surface area contributed by atoms with E-state index in [0.29, 0.717) is 0 Å². The van der Waals surface area contributed by atoms with E-state index in [9.17, 15) is 0 Å². The fraction of sp³-hybridized carbons (Fsp3) is 0.800. The summed E-state index contributed by atoms with van der Waals surface area (Å²) in [5, 5.41) is 3.40. The minimum absolute atomic E-state index is 0.773. The number of likely N-dealkylation sites (N-methyl/N-ethyl adjacent to an activating group) is 1. The quantitative estimate of drug-likeness (QED) is 0.621. The summed E-state index contributed by atoms with van der Waals surface area (Å²) in [7, 11) is 0. The van der Waals surface area contributed by atoms with E-state index < -0.39 is 0 Å².